The summed E-state index contributed by atoms with van der Waals surface area (Å²) in [5.41, 5.74) is 7.46. The highest BCUT2D eigenvalue weighted by atomic mass is 79.9. The van der Waals surface area contributed by atoms with Crippen LogP contribution in [0.3, 0.4) is 0 Å². The summed E-state index contributed by atoms with van der Waals surface area (Å²) in [5.74, 6) is 1.21. The molecule has 0 unspecified atom stereocenters. The number of hydrogen-bond donors (Lipinski definition) is 2. The predicted molar refractivity (Wildman–Crippen MR) is 77.3 cm³/mol. The number of aromatic nitrogens is 1. The molecule has 5 nitrogen and oxygen atoms in total. The molecule has 0 bridgehead atoms. The lowest BCUT2D eigenvalue weighted by Gasteiger charge is -2.10. The van der Waals surface area contributed by atoms with Crippen molar-refractivity contribution < 1.29 is 4.74 Å². The van der Waals surface area contributed by atoms with Gasteiger partial charge in [0.25, 0.3) is 0 Å². The van der Waals surface area contributed by atoms with Gasteiger partial charge in [-0.1, -0.05) is 15.9 Å². The Bertz CT molecular complexity index is 652. The summed E-state index contributed by atoms with van der Waals surface area (Å²) in [5, 5.41) is 11.8. The molecule has 0 saturated carbocycles. The summed E-state index contributed by atoms with van der Waals surface area (Å²) in [7, 11) is 1.60. The molecular formula is C13H11BrN4O. The number of anilines is 3. The lowest BCUT2D eigenvalue weighted by Crippen LogP contribution is -2.00. The van der Waals surface area contributed by atoms with Crippen LogP contribution in [0.5, 0.6) is 5.75 Å². The van der Waals surface area contributed by atoms with Crippen molar-refractivity contribution in [2.24, 2.45) is 0 Å². The van der Waals surface area contributed by atoms with E-state index in [2.05, 4.69) is 26.2 Å². The van der Waals surface area contributed by atoms with Crippen LogP contribution >= 0.6 is 15.9 Å². The summed E-state index contributed by atoms with van der Waals surface area (Å²) >= 11 is 3.39. The highest BCUT2D eigenvalue weighted by Gasteiger charge is 2.05. The second kappa shape index (κ2) is 5.59. The summed E-state index contributed by atoms with van der Waals surface area (Å²) in [6, 6.07) is 9.11. The fraction of sp³-hybridized carbons (Fsp3) is 0.0769. The average molecular weight is 319 g/mol. The van der Waals surface area contributed by atoms with Crippen molar-refractivity contribution >= 4 is 33.1 Å². The van der Waals surface area contributed by atoms with Crippen LogP contribution in [0, 0.1) is 11.3 Å². The minimum atomic E-state index is 0.415. The first-order valence-corrected chi connectivity index (χ1v) is 6.19. The van der Waals surface area contributed by atoms with E-state index in [0.29, 0.717) is 22.8 Å². The number of benzene rings is 1. The number of nitrogens with one attached hydrogen (secondary N) is 1. The molecule has 0 fully saturated rings. The Kier molecular flexibility index (Phi) is 3.88. The van der Waals surface area contributed by atoms with Crippen molar-refractivity contribution in [2.45, 2.75) is 0 Å². The van der Waals surface area contributed by atoms with Crippen LogP contribution in [-0.4, -0.2) is 12.1 Å². The fourth-order valence-electron chi connectivity index (χ4n) is 1.54. The number of nitriles is 1. The Morgan fingerprint density at radius 1 is 1.37 bits per heavy atom. The number of ether oxygens (including phenoxy) is 1. The summed E-state index contributed by atoms with van der Waals surface area (Å²) in [6.07, 6.45) is 1.47. The standard InChI is InChI=1S/C13H11BrN4O/c1-19-11-4-9(14)3-10(5-11)18-13-12(16)2-8(6-15)7-17-13/h2-5,7H,16H2,1H3,(H,17,18). The van der Waals surface area contributed by atoms with E-state index in [-0.39, 0.29) is 0 Å². The van der Waals surface area contributed by atoms with Gasteiger partial charge in [-0.2, -0.15) is 5.26 Å². The first kappa shape index (κ1) is 13.2. The van der Waals surface area contributed by atoms with E-state index < -0.39 is 0 Å². The maximum atomic E-state index is 8.76. The quantitative estimate of drug-likeness (QED) is 0.908. The number of nitrogens with two attached hydrogens (primary N) is 1. The number of pyridine rings is 1. The molecule has 0 saturated heterocycles. The Hall–Kier alpha value is -2.26. The molecule has 6 heteroatoms. The molecule has 96 valence electrons. The van der Waals surface area contributed by atoms with Crippen molar-refractivity contribution in [3.63, 3.8) is 0 Å². The molecule has 2 rings (SSSR count). The molecule has 0 radical (unpaired) electrons. The number of nitrogen functional groups attached to an aromatic ring is 1. The molecule has 1 aromatic carbocycles. The van der Waals surface area contributed by atoms with E-state index in [1.807, 2.05) is 24.3 Å². The van der Waals surface area contributed by atoms with Gasteiger partial charge in [0.2, 0.25) is 0 Å². The minimum absolute atomic E-state index is 0.415. The largest absolute Gasteiger partial charge is 0.497 e. The van der Waals surface area contributed by atoms with Gasteiger partial charge in [-0.05, 0) is 18.2 Å². The van der Waals surface area contributed by atoms with Crippen molar-refractivity contribution in [3.05, 3.63) is 40.5 Å². The van der Waals surface area contributed by atoms with Crippen molar-refractivity contribution in [3.8, 4) is 11.8 Å². The molecule has 0 aliphatic carbocycles. The third-order valence-electron chi connectivity index (χ3n) is 2.42. The molecule has 2 aromatic rings. The molecule has 1 aromatic heterocycles. The molecule has 0 aliphatic rings. The maximum absolute atomic E-state index is 8.76. The highest BCUT2D eigenvalue weighted by molar-refractivity contribution is 9.10. The topological polar surface area (TPSA) is 84.0 Å². The zero-order chi connectivity index (χ0) is 13.8. The van der Waals surface area contributed by atoms with E-state index in [1.54, 1.807) is 13.2 Å². The van der Waals surface area contributed by atoms with Gasteiger partial charge in [0, 0.05) is 22.4 Å². The molecule has 0 spiro atoms. The Labute approximate surface area is 119 Å². The normalized spacial score (nSPS) is 9.74. The highest BCUT2D eigenvalue weighted by Crippen LogP contribution is 2.28. The molecule has 19 heavy (non-hydrogen) atoms. The molecule has 0 aliphatic heterocycles. The Balaban J connectivity index is 2.31. The van der Waals surface area contributed by atoms with E-state index in [1.165, 1.54) is 6.20 Å². The van der Waals surface area contributed by atoms with E-state index in [9.17, 15) is 0 Å². The van der Waals surface area contributed by atoms with Gasteiger partial charge in [-0.25, -0.2) is 4.98 Å². The lowest BCUT2D eigenvalue weighted by molar-refractivity contribution is 0.415. The van der Waals surface area contributed by atoms with Gasteiger partial charge in [0.05, 0.1) is 18.4 Å². The molecule has 1 heterocycles. The summed E-state index contributed by atoms with van der Waals surface area (Å²) < 4.78 is 6.05. The van der Waals surface area contributed by atoms with Crippen LogP contribution in [0.1, 0.15) is 5.56 Å². The summed E-state index contributed by atoms with van der Waals surface area (Å²) in [4.78, 5) is 4.11. The molecule has 0 amide bonds. The minimum Gasteiger partial charge on any atom is -0.497 e. The molecule has 0 atom stereocenters. The second-order valence-corrected chi connectivity index (χ2v) is 4.69. The average Bonchev–Trinajstić information content (AvgIpc) is 2.40. The number of nitrogens with zero attached hydrogens (tertiary/aromatic N) is 2. The Morgan fingerprint density at radius 3 is 2.79 bits per heavy atom. The smallest absolute Gasteiger partial charge is 0.153 e. The van der Waals surface area contributed by atoms with Gasteiger partial charge in [0.15, 0.2) is 5.82 Å². The lowest BCUT2D eigenvalue weighted by atomic mass is 10.2. The number of methoxy groups -OCH3 is 1. The first-order chi connectivity index (χ1) is 9.12. The fourth-order valence-corrected chi connectivity index (χ4v) is 2.01. The summed E-state index contributed by atoms with van der Waals surface area (Å²) in [6.45, 7) is 0. The van der Waals surface area contributed by atoms with E-state index in [0.717, 1.165) is 10.2 Å². The van der Waals surface area contributed by atoms with Crippen LogP contribution in [-0.2, 0) is 0 Å². The predicted octanol–water partition coefficient (Wildman–Crippen LogP) is 3.05. The number of halogens is 1. The maximum Gasteiger partial charge on any atom is 0.153 e. The van der Waals surface area contributed by atoms with Crippen molar-refractivity contribution in [1.29, 1.82) is 5.26 Å². The third-order valence-corrected chi connectivity index (χ3v) is 2.87. The zero-order valence-electron chi connectivity index (χ0n) is 10.1. The third kappa shape index (κ3) is 3.14. The van der Waals surface area contributed by atoms with Crippen LogP contribution < -0.4 is 15.8 Å². The van der Waals surface area contributed by atoms with Gasteiger partial charge in [0.1, 0.15) is 11.8 Å². The molecular weight excluding hydrogens is 308 g/mol. The second-order valence-electron chi connectivity index (χ2n) is 3.78. The van der Waals surface area contributed by atoms with E-state index in [4.69, 9.17) is 15.7 Å². The van der Waals surface area contributed by atoms with Gasteiger partial charge >= 0.3 is 0 Å². The first-order valence-electron chi connectivity index (χ1n) is 5.39. The van der Waals surface area contributed by atoms with E-state index >= 15 is 0 Å². The zero-order valence-corrected chi connectivity index (χ0v) is 11.7. The van der Waals surface area contributed by atoms with Gasteiger partial charge in [-0.15, -0.1) is 0 Å². The number of rotatable bonds is 3. The van der Waals surface area contributed by atoms with Gasteiger partial charge < -0.3 is 15.8 Å². The van der Waals surface area contributed by atoms with Crippen LogP contribution in [0.2, 0.25) is 0 Å². The van der Waals surface area contributed by atoms with Crippen LogP contribution in [0.25, 0.3) is 0 Å². The molecule has 3 N–H and O–H groups in total. The Morgan fingerprint density at radius 2 is 2.16 bits per heavy atom. The van der Waals surface area contributed by atoms with Crippen molar-refractivity contribution in [2.75, 3.05) is 18.2 Å². The number of hydrogen-bond acceptors (Lipinski definition) is 5. The van der Waals surface area contributed by atoms with Crippen LogP contribution in [0.4, 0.5) is 17.2 Å². The monoisotopic (exact) mass is 318 g/mol. The van der Waals surface area contributed by atoms with Gasteiger partial charge in [-0.3, -0.25) is 0 Å². The SMILES string of the molecule is COc1cc(Br)cc(Nc2ncc(C#N)cc2N)c1. The van der Waals surface area contributed by atoms with Crippen molar-refractivity contribution in [1.82, 2.24) is 4.98 Å². The van der Waals surface area contributed by atoms with Crippen LogP contribution in [0.15, 0.2) is 34.9 Å².